The van der Waals surface area contributed by atoms with Gasteiger partial charge in [-0.1, -0.05) is 33.2 Å². The third kappa shape index (κ3) is 3.14. The Morgan fingerprint density at radius 3 is 2.76 bits per heavy atom. The van der Waals surface area contributed by atoms with Crippen molar-refractivity contribution in [3.05, 3.63) is 46.0 Å². The first-order valence-electron chi connectivity index (χ1n) is 5.31. The maximum atomic E-state index is 5.88. The number of halogens is 1. The topological polar surface area (TPSA) is 64.9 Å². The molecule has 0 aliphatic heterocycles. The Kier molecular flexibility index (Phi) is 3.31. The van der Waals surface area contributed by atoms with Gasteiger partial charge in [0.2, 0.25) is 5.89 Å². The van der Waals surface area contributed by atoms with E-state index in [0.29, 0.717) is 18.1 Å². The molecule has 2 N–H and O–H groups in total. The molecule has 0 fully saturated rings. The molecule has 1 aromatic carbocycles. The van der Waals surface area contributed by atoms with Crippen LogP contribution < -0.4 is 5.73 Å². The van der Waals surface area contributed by atoms with Gasteiger partial charge in [-0.2, -0.15) is 4.98 Å². The van der Waals surface area contributed by atoms with Gasteiger partial charge in [0.15, 0.2) is 5.82 Å². The molecule has 0 radical (unpaired) electrons. The zero-order valence-electron chi connectivity index (χ0n) is 9.77. The van der Waals surface area contributed by atoms with Crippen molar-refractivity contribution < 1.29 is 4.52 Å². The Balaban J connectivity index is 2.17. The molecule has 90 valence electrons. The fourth-order valence-electron chi connectivity index (χ4n) is 1.42. The fourth-order valence-corrected chi connectivity index (χ4v) is 1.86. The molecule has 0 bridgehead atoms. The first-order chi connectivity index (χ1) is 7.95. The first kappa shape index (κ1) is 12.3. The van der Waals surface area contributed by atoms with Gasteiger partial charge >= 0.3 is 0 Å². The van der Waals surface area contributed by atoms with Crippen LogP contribution in [0.15, 0.2) is 33.3 Å². The average molecular weight is 296 g/mol. The highest BCUT2D eigenvalue weighted by Gasteiger charge is 2.22. The molecule has 0 spiro atoms. The molecule has 17 heavy (non-hydrogen) atoms. The monoisotopic (exact) mass is 295 g/mol. The number of hydrogen-bond acceptors (Lipinski definition) is 4. The predicted molar refractivity (Wildman–Crippen MR) is 68.5 cm³/mol. The predicted octanol–water partition coefficient (Wildman–Crippen LogP) is 2.62. The molecule has 1 aromatic heterocycles. The third-order valence-corrected chi connectivity index (χ3v) is 2.76. The van der Waals surface area contributed by atoms with E-state index in [9.17, 15) is 0 Å². The summed E-state index contributed by atoms with van der Waals surface area (Å²) in [6.07, 6.45) is 0.638. The molecule has 0 aliphatic carbocycles. The number of rotatable bonds is 3. The maximum Gasteiger partial charge on any atom is 0.246 e. The van der Waals surface area contributed by atoms with E-state index in [2.05, 4.69) is 26.1 Å². The maximum absolute atomic E-state index is 5.88. The van der Waals surface area contributed by atoms with Gasteiger partial charge < -0.3 is 10.3 Å². The highest BCUT2D eigenvalue weighted by atomic mass is 79.9. The quantitative estimate of drug-likeness (QED) is 0.945. The minimum absolute atomic E-state index is 0.461. The summed E-state index contributed by atoms with van der Waals surface area (Å²) in [6, 6.07) is 8.01. The van der Waals surface area contributed by atoms with Gasteiger partial charge in [0.1, 0.15) is 0 Å². The fraction of sp³-hybridized carbons (Fsp3) is 0.333. The summed E-state index contributed by atoms with van der Waals surface area (Å²) >= 11 is 3.43. The van der Waals surface area contributed by atoms with E-state index in [4.69, 9.17) is 10.3 Å². The summed E-state index contributed by atoms with van der Waals surface area (Å²) in [5.74, 6) is 1.11. The van der Waals surface area contributed by atoms with Crippen molar-refractivity contribution in [2.24, 2.45) is 5.73 Å². The van der Waals surface area contributed by atoms with Crippen LogP contribution in [0.4, 0.5) is 0 Å². The molecule has 0 atom stereocenters. The van der Waals surface area contributed by atoms with Crippen LogP contribution in [-0.4, -0.2) is 10.1 Å². The highest BCUT2D eigenvalue weighted by Crippen LogP contribution is 2.17. The summed E-state index contributed by atoms with van der Waals surface area (Å²) in [7, 11) is 0. The van der Waals surface area contributed by atoms with Crippen molar-refractivity contribution in [3.8, 4) is 0 Å². The molecule has 0 unspecified atom stereocenters. The Hall–Kier alpha value is -1.20. The highest BCUT2D eigenvalue weighted by molar-refractivity contribution is 9.10. The lowest BCUT2D eigenvalue weighted by atomic mass is 10.1. The summed E-state index contributed by atoms with van der Waals surface area (Å²) in [6.45, 7) is 3.67. The van der Waals surface area contributed by atoms with Crippen LogP contribution in [0.25, 0.3) is 0 Å². The normalized spacial score (nSPS) is 11.8. The molecule has 1 heterocycles. The molecular formula is C12H14BrN3O. The van der Waals surface area contributed by atoms with Crippen molar-refractivity contribution in [3.63, 3.8) is 0 Å². The number of nitrogens with zero attached hydrogens (tertiary/aromatic N) is 2. The molecule has 0 amide bonds. The van der Waals surface area contributed by atoms with E-state index in [1.54, 1.807) is 0 Å². The second kappa shape index (κ2) is 4.58. The lowest BCUT2D eigenvalue weighted by molar-refractivity contribution is 0.310. The van der Waals surface area contributed by atoms with Crippen LogP contribution in [-0.2, 0) is 12.0 Å². The van der Waals surface area contributed by atoms with E-state index < -0.39 is 5.54 Å². The van der Waals surface area contributed by atoms with Crippen molar-refractivity contribution in [2.45, 2.75) is 25.8 Å². The van der Waals surface area contributed by atoms with Crippen molar-refractivity contribution >= 4 is 15.9 Å². The van der Waals surface area contributed by atoms with E-state index in [1.165, 1.54) is 0 Å². The third-order valence-electron chi connectivity index (χ3n) is 2.27. The summed E-state index contributed by atoms with van der Waals surface area (Å²) in [4.78, 5) is 4.29. The molecule has 5 heteroatoms. The number of aromatic nitrogens is 2. The first-order valence-corrected chi connectivity index (χ1v) is 6.11. The van der Waals surface area contributed by atoms with E-state index in [0.717, 1.165) is 10.0 Å². The minimum Gasteiger partial charge on any atom is -0.337 e. The minimum atomic E-state index is -0.595. The molecule has 2 aromatic rings. The zero-order chi connectivity index (χ0) is 12.5. The van der Waals surface area contributed by atoms with Crippen molar-refractivity contribution in [1.82, 2.24) is 10.1 Å². The lowest BCUT2D eigenvalue weighted by Crippen LogP contribution is -2.29. The van der Waals surface area contributed by atoms with Gasteiger partial charge in [-0.15, -0.1) is 0 Å². The number of benzene rings is 1. The second-order valence-electron chi connectivity index (χ2n) is 4.54. The van der Waals surface area contributed by atoms with E-state index >= 15 is 0 Å². The van der Waals surface area contributed by atoms with Gasteiger partial charge in [0, 0.05) is 10.9 Å². The largest absolute Gasteiger partial charge is 0.337 e. The molecular weight excluding hydrogens is 282 g/mol. The van der Waals surface area contributed by atoms with Crippen molar-refractivity contribution in [1.29, 1.82) is 0 Å². The standard InChI is InChI=1S/C12H14BrN3O/c1-12(2,14)11-15-10(16-17-11)7-8-4-3-5-9(13)6-8/h3-6H,7,14H2,1-2H3. The molecule has 0 saturated heterocycles. The van der Waals surface area contributed by atoms with Crippen molar-refractivity contribution in [2.75, 3.05) is 0 Å². The molecule has 4 nitrogen and oxygen atoms in total. The van der Waals surface area contributed by atoms with Crippen LogP contribution in [0, 0.1) is 0 Å². The van der Waals surface area contributed by atoms with Crippen LogP contribution >= 0.6 is 15.9 Å². The Bertz CT molecular complexity index is 516. The van der Waals surface area contributed by atoms with Gasteiger partial charge in [-0.3, -0.25) is 0 Å². The second-order valence-corrected chi connectivity index (χ2v) is 5.46. The van der Waals surface area contributed by atoms with Crippen LogP contribution in [0.5, 0.6) is 0 Å². The van der Waals surface area contributed by atoms with Gasteiger partial charge in [-0.05, 0) is 31.5 Å². The summed E-state index contributed by atoms with van der Waals surface area (Å²) in [5.41, 5.74) is 6.42. The Morgan fingerprint density at radius 2 is 2.18 bits per heavy atom. The zero-order valence-corrected chi connectivity index (χ0v) is 11.4. The summed E-state index contributed by atoms with van der Waals surface area (Å²) < 4.78 is 6.17. The lowest BCUT2D eigenvalue weighted by Gasteiger charge is -2.10. The Morgan fingerprint density at radius 1 is 1.41 bits per heavy atom. The Labute approximate surface area is 108 Å². The SMILES string of the molecule is CC(C)(N)c1nc(Cc2cccc(Br)c2)no1. The number of hydrogen-bond donors (Lipinski definition) is 1. The molecule has 2 rings (SSSR count). The van der Waals surface area contributed by atoms with Crippen LogP contribution in [0.1, 0.15) is 31.1 Å². The van der Waals surface area contributed by atoms with Crippen LogP contribution in [0.2, 0.25) is 0 Å². The van der Waals surface area contributed by atoms with Gasteiger partial charge in [-0.25, -0.2) is 0 Å². The smallest absolute Gasteiger partial charge is 0.246 e. The van der Waals surface area contributed by atoms with Crippen LogP contribution in [0.3, 0.4) is 0 Å². The average Bonchev–Trinajstić information content (AvgIpc) is 2.65. The summed E-state index contributed by atoms with van der Waals surface area (Å²) in [5, 5.41) is 3.93. The van der Waals surface area contributed by atoms with Gasteiger partial charge in [0.05, 0.1) is 5.54 Å². The number of nitrogens with two attached hydrogens (primary N) is 1. The van der Waals surface area contributed by atoms with E-state index in [-0.39, 0.29) is 0 Å². The molecule has 0 aliphatic rings. The molecule has 0 saturated carbocycles. The van der Waals surface area contributed by atoms with Gasteiger partial charge in [0.25, 0.3) is 0 Å². The van der Waals surface area contributed by atoms with E-state index in [1.807, 2.05) is 38.1 Å².